The summed E-state index contributed by atoms with van der Waals surface area (Å²) in [4.78, 5) is 1.46. The number of nitrogens with zero attached hydrogens (tertiary/aromatic N) is 1. The Kier molecular flexibility index (Phi) is 7.31. The molecule has 8 heteroatoms. The zero-order chi connectivity index (χ0) is 15.5. The van der Waals surface area contributed by atoms with Crippen LogP contribution in [0.5, 0.6) is 0 Å². The quantitative estimate of drug-likeness (QED) is 0.835. The molecule has 0 aliphatic rings. The predicted octanol–water partition coefficient (Wildman–Crippen LogP) is 3.36. The fraction of sp³-hybridized carbons (Fsp3) is 0.286. The first-order valence-corrected chi connectivity index (χ1v) is 9.00. The Morgan fingerprint density at radius 1 is 1.14 bits per heavy atom. The zero-order valence-electron chi connectivity index (χ0n) is 12.2. The molecule has 0 saturated carbocycles. The van der Waals surface area contributed by atoms with Gasteiger partial charge in [0, 0.05) is 32.1 Å². The van der Waals surface area contributed by atoms with Crippen molar-refractivity contribution in [1.29, 1.82) is 0 Å². The molecule has 0 aliphatic carbocycles. The lowest BCUT2D eigenvalue weighted by atomic mass is 10.2. The molecule has 1 heterocycles. The van der Waals surface area contributed by atoms with Gasteiger partial charge in [-0.3, -0.25) is 0 Å². The Hall–Kier alpha value is -0.630. The molecule has 0 radical (unpaired) electrons. The Morgan fingerprint density at radius 2 is 1.82 bits per heavy atom. The van der Waals surface area contributed by atoms with Crippen molar-refractivity contribution in [2.75, 3.05) is 14.1 Å². The van der Waals surface area contributed by atoms with Crippen LogP contribution < -0.4 is 5.32 Å². The third kappa shape index (κ3) is 4.68. The molecule has 0 fully saturated rings. The lowest BCUT2D eigenvalue weighted by Crippen LogP contribution is -2.24. The fourth-order valence-electron chi connectivity index (χ4n) is 1.87. The van der Waals surface area contributed by atoms with Crippen LogP contribution in [0, 0.1) is 0 Å². The first-order chi connectivity index (χ1) is 9.91. The zero-order valence-corrected chi connectivity index (χ0v) is 15.5. The molecule has 1 N–H and O–H groups in total. The molecule has 0 atom stereocenters. The topological polar surface area (TPSA) is 49.4 Å². The summed E-state index contributed by atoms with van der Waals surface area (Å²) in [5.74, 6) is 0. The molecule has 0 unspecified atom stereocenters. The molecule has 0 bridgehead atoms. The summed E-state index contributed by atoms with van der Waals surface area (Å²) in [6.45, 7) is 1.15. The minimum Gasteiger partial charge on any atom is -0.308 e. The van der Waals surface area contributed by atoms with Crippen LogP contribution in [0.4, 0.5) is 0 Å². The molecule has 0 aliphatic heterocycles. The van der Waals surface area contributed by atoms with Gasteiger partial charge in [0.15, 0.2) is 0 Å². The van der Waals surface area contributed by atoms with E-state index in [0.29, 0.717) is 18.0 Å². The Bertz CT molecular complexity index is 715. The second kappa shape index (κ2) is 8.29. The molecule has 0 amide bonds. The van der Waals surface area contributed by atoms with Crippen molar-refractivity contribution >= 4 is 45.4 Å². The number of thiophene rings is 1. The van der Waals surface area contributed by atoms with Crippen molar-refractivity contribution < 1.29 is 8.42 Å². The van der Waals surface area contributed by atoms with Crippen molar-refractivity contribution in [2.45, 2.75) is 18.0 Å². The fourth-order valence-corrected chi connectivity index (χ4v) is 4.04. The Balaban J connectivity index is 0.00000242. The number of nitrogens with one attached hydrogen (secondary N) is 1. The van der Waals surface area contributed by atoms with E-state index in [1.54, 1.807) is 12.1 Å². The molecule has 2 rings (SSSR count). The van der Waals surface area contributed by atoms with E-state index < -0.39 is 10.0 Å². The highest BCUT2D eigenvalue weighted by Gasteiger charge is 2.20. The first-order valence-electron chi connectivity index (χ1n) is 6.36. The Labute approximate surface area is 146 Å². The number of sulfonamides is 1. The summed E-state index contributed by atoms with van der Waals surface area (Å²) in [6.07, 6.45) is 0. The van der Waals surface area contributed by atoms with Crippen molar-refractivity contribution in [2.24, 2.45) is 0 Å². The summed E-state index contributed by atoms with van der Waals surface area (Å²) < 4.78 is 26.5. The molecular formula is C14H18Cl2N2O2S2. The van der Waals surface area contributed by atoms with Gasteiger partial charge in [0.1, 0.15) is 0 Å². The lowest BCUT2D eigenvalue weighted by molar-refractivity contribution is 0.518. The molecule has 22 heavy (non-hydrogen) atoms. The average molecular weight is 381 g/mol. The molecule has 1 aromatic heterocycles. The third-order valence-electron chi connectivity index (χ3n) is 2.97. The van der Waals surface area contributed by atoms with Gasteiger partial charge in [-0.05, 0) is 23.8 Å². The van der Waals surface area contributed by atoms with Crippen molar-refractivity contribution in [3.8, 4) is 0 Å². The van der Waals surface area contributed by atoms with E-state index >= 15 is 0 Å². The van der Waals surface area contributed by atoms with Gasteiger partial charge in [0.2, 0.25) is 10.0 Å². The van der Waals surface area contributed by atoms with Gasteiger partial charge in [0.25, 0.3) is 0 Å². The van der Waals surface area contributed by atoms with Crippen LogP contribution >= 0.6 is 35.3 Å². The van der Waals surface area contributed by atoms with Crippen LogP contribution in [0.25, 0.3) is 0 Å². The van der Waals surface area contributed by atoms with E-state index in [-0.39, 0.29) is 12.4 Å². The lowest BCUT2D eigenvalue weighted by Gasteiger charge is -2.15. The molecule has 0 spiro atoms. The van der Waals surface area contributed by atoms with Crippen LogP contribution in [-0.2, 0) is 23.1 Å². The van der Waals surface area contributed by atoms with Gasteiger partial charge in [-0.2, -0.15) is 0 Å². The highest BCUT2D eigenvalue weighted by atomic mass is 35.5. The second-order valence-corrected chi connectivity index (χ2v) is 8.62. The predicted molar refractivity (Wildman–Crippen MR) is 94.4 cm³/mol. The number of hydrogen-bond acceptors (Lipinski definition) is 4. The number of hydrogen-bond donors (Lipinski definition) is 1. The standard InChI is InChI=1S/C14H17ClN2O2S2.ClH/c1-17(2)21(18,19)13-6-4-3-5-11(13)9-16-10-12-7-8-14(15)20-12;/h3-8,16H,9-10H2,1-2H3;1H. The van der Waals surface area contributed by atoms with Crippen LogP contribution in [0.2, 0.25) is 4.34 Å². The van der Waals surface area contributed by atoms with Crippen LogP contribution in [-0.4, -0.2) is 26.8 Å². The highest BCUT2D eigenvalue weighted by Crippen LogP contribution is 2.22. The SMILES string of the molecule is CN(C)S(=O)(=O)c1ccccc1CNCc1ccc(Cl)s1.Cl. The van der Waals surface area contributed by atoms with Gasteiger partial charge >= 0.3 is 0 Å². The Morgan fingerprint density at radius 3 is 2.41 bits per heavy atom. The van der Waals surface area contributed by atoms with Crippen LogP contribution in [0.3, 0.4) is 0 Å². The number of rotatable bonds is 6. The van der Waals surface area contributed by atoms with Gasteiger partial charge in [-0.25, -0.2) is 12.7 Å². The minimum absolute atomic E-state index is 0. The summed E-state index contributed by atoms with van der Waals surface area (Å²) in [5, 5.41) is 3.25. The second-order valence-electron chi connectivity index (χ2n) is 4.70. The minimum atomic E-state index is -3.42. The first kappa shape index (κ1) is 19.4. The molecule has 1 aromatic carbocycles. The largest absolute Gasteiger partial charge is 0.308 e. The van der Waals surface area contributed by atoms with Gasteiger partial charge in [-0.15, -0.1) is 23.7 Å². The van der Waals surface area contributed by atoms with E-state index in [1.807, 2.05) is 24.3 Å². The van der Waals surface area contributed by atoms with E-state index in [4.69, 9.17) is 11.6 Å². The number of benzene rings is 1. The maximum absolute atomic E-state index is 12.3. The molecule has 4 nitrogen and oxygen atoms in total. The maximum Gasteiger partial charge on any atom is 0.242 e. The van der Waals surface area contributed by atoms with Gasteiger partial charge in [0.05, 0.1) is 9.23 Å². The maximum atomic E-state index is 12.3. The van der Waals surface area contributed by atoms with E-state index in [0.717, 1.165) is 14.8 Å². The van der Waals surface area contributed by atoms with Gasteiger partial charge < -0.3 is 5.32 Å². The molecule has 2 aromatic rings. The number of halogens is 2. The summed E-state index contributed by atoms with van der Waals surface area (Å²) in [6, 6.07) is 10.8. The molecule has 0 saturated heterocycles. The van der Waals surface area contributed by atoms with E-state index in [1.165, 1.54) is 29.7 Å². The molecular weight excluding hydrogens is 363 g/mol. The summed E-state index contributed by atoms with van der Waals surface area (Å²) in [7, 11) is -0.354. The summed E-state index contributed by atoms with van der Waals surface area (Å²) >= 11 is 7.40. The van der Waals surface area contributed by atoms with Gasteiger partial charge in [-0.1, -0.05) is 29.8 Å². The van der Waals surface area contributed by atoms with E-state index in [9.17, 15) is 8.42 Å². The van der Waals surface area contributed by atoms with Crippen molar-refractivity contribution in [1.82, 2.24) is 9.62 Å². The van der Waals surface area contributed by atoms with Crippen LogP contribution in [0.1, 0.15) is 10.4 Å². The normalized spacial score (nSPS) is 11.5. The van der Waals surface area contributed by atoms with Crippen molar-refractivity contribution in [3.05, 3.63) is 51.2 Å². The van der Waals surface area contributed by atoms with Crippen molar-refractivity contribution in [3.63, 3.8) is 0 Å². The third-order valence-corrected chi connectivity index (χ3v) is 6.12. The van der Waals surface area contributed by atoms with Crippen LogP contribution in [0.15, 0.2) is 41.3 Å². The average Bonchev–Trinajstić information content (AvgIpc) is 2.85. The van der Waals surface area contributed by atoms with E-state index in [2.05, 4.69) is 5.32 Å². The summed E-state index contributed by atoms with van der Waals surface area (Å²) in [5.41, 5.74) is 0.758. The molecule has 122 valence electrons. The smallest absolute Gasteiger partial charge is 0.242 e. The monoisotopic (exact) mass is 380 g/mol. The highest BCUT2D eigenvalue weighted by molar-refractivity contribution is 7.89.